The van der Waals surface area contributed by atoms with Crippen molar-refractivity contribution in [3.05, 3.63) is 0 Å². The minimum absolute atomic E-state index is 0.177. The first-order chi connectivity index (χ1) is 6.74. The molecule has 0 aromatic heterocycles. The second-order valence-electron chi connectivity index (χ2n) is 3.98. The molecule has 0 aliphatic heterocycles. The number of nitrogens with one attached hydrogen (secondary N) is 1. The maximum Gasteiger partial charge on any atom is 0.304 e. The van der Waals surface area contributed by atoms with E-state index in [1.807, 2.05) is 0 Å². The fourth-order valence-corrected chi connectivity index (χ4v) is 2.11. The van der Waals surface area contributed by atoms with Crippen LogP contribution in [0.25, 0.3) is 0 Å². The summed E-state index contributed by atoms with van der Waals surface area (Å²) in [6.07, 6.45) is 3.64. The van der Waals surface area contributed by atoms with Gasteiger partial charge in [-0.3, -0.25) is 4.79 Å². The van der Waals surface area contributed by atoms with Crippen molar-refractivity contribution in [1.82, 2.24) is 5.32 Å². The fraction of sp³-hybridized carbons (Fsp3) is 0.900. The molecule has 0 heterocycles. The Morgan fingerprint density at radius 3 is 2.71 bits per heavy atom. The lowest BCUT2D eigenvalue weighted by Gasteiger charge is -2.17. The van der Waals surface area contributed by atoms with Gasteiger partial charge in [0.2, 0.25) is 0 Å². The van der Waals surface area contributed by atoms with Crippen molar-refractivity contribution in [2.45, 2.75) is 25.7 Å². The Kier molecular flexibility index (Phi) is 4.90. The number of aliphatic carboxylic acids is 1. The van der Waals surface area contributed by atoms with Crippen LogP contribution in [-0.4, -0.2) is 35.9 Å². The molecule has 0 saturated heterocycles. The van der Waals surface area contributed by atoms with Crippen LogP contribution < -0.4 is 5.32 Å². The van der Waals surface area contributed by atoms with Gasteiger partial charge in [-0.1, -0.05) is 6.42 Å². The molecule has 1 rings (SSSR count). The Bertz CT molecular complexity index is 184. The van der Waals surface area contributed by atoms with Crippen molar-refractivity contribution < 1.29 is 15.0 Å². The number of aliphatic hydroxyl groups excluding tert-OH is 1. The molecule has 0 bridgehead atoms. The van der Waals surface area contributed by atoms with E-state index in [1.54, 1.807) is 0 Å². The lowest BCUT2D eigenvalue weighted by molar-refractivity contribution is -0.136. The molecule has 4 nitrogen and oxygen atoms in total. The Labute approximate surface area is 84.3 Å². The van der Waals surface area contributed by atoms with E-state index in [2.05, 4.69) is 5.32 Å². The van der Waals surface area contributed by atoms with Crippen molar-refractivity contribution in [3.8, 4) is 0 Å². The Morgan fingerprint density at radius 2 is 2.07 bits per heavy atom. The van der Waals surface area contributed by atoms with Crippen LogP contribution in [0.15, 0.2) is 0 Å². The number of carbonyl (C=O) groups is 1. The van der Waals surface area contributed by atoms with E-state index < -0.39 is 5.97 Å². The van der Waals surface area contributed by atoms with E-state index in [1.165, 1.54) is 6.42 Å². The SMILES string of the molecule is O=C(O)CCNCC1CCCC1CO. The molecule has 3 N–H and O–H groups in total. The summed E-state index contributed by atoms with van der Waals surface area (Å²) >= 11 is 0. The fourth-order valence-electron chi connectivity index (χ4n) is 2.11. The molecule has 2 unspecified atom stereocenters. The molecule has 0 aromatic rings. The summed E-state index contributed by atoms with van der Waals surface area (Å²) in [7, 11) is 0. The number of carboxylic acids is 1. The van der Waals surface area contributed by atoms with Crippen LogP contribution in [0.4, 0.5) is 0 Å². The van der Waals surface area contributed by atoms with Gasteiger partial charge in [-0.2, -0.15) is 0 Å². The number of hydrogen-bond acceptors (Lipinski definition) is 3. The molecule has 0 radical (unpaired) electrons. The summed E-state index contributed by atoms with van der Waals surface area (Å²) in [6.45, 7) is 1.65. The third-order valence-corrected chi connectivity index (χ3v) is 2.97. The molecule has 0 aromatic carbocycles. The van der Waals surface area contributed by atoms with Gasteiger partial charge in [0.1, 0.15) is 0 Å². The van der Waals surface area contributed by atoms with Gasteiger partial charge in [0.15, 0.2) is 0 Å². The Morgan fingerprint density at radius 1 is 1.36 bits per heavy atom. The maximum absolute atomic E-state index is 10.2. The molecule has 0 amide bonds. The van der Waals surface area contributed by atoms with Crippen LogP contribution in [0.5, 0.6) is 0 Å². The van der Waals surface area contributed by atoms with Gasteiger partial charge in [0, 0.05) is 13.2 Å². The largest absolute Gasteiger partial charge is 0.481 e. The molecular weight excluding hydrogens is 182 g/mol. The first-order valence-electron chi connectivity index (χ1n) is 5.27. The second-order valence-corrected chi connectivity index (χ2v) is 3.98. The van der Waals surface area contributed by atoms with Gasteiger partial charge in [-0.05, 0) is 31.2 Å². The minimum atomic E-state index is -0.761. The van der Waals surface area contributed by atoms with E-state index >= 15 is 0 Å². The highest BCUT2D eigenvalue weighted by atomic mass is 16.4. The van der Waals surface area contributed by atoms with Crippen molar-refractivity contribution >= 4 is 5.97 Å². The molecular formula is C10H19NO3. The van der Waals surface area contributed by atoms with Crippen molar-refractivity contribution in [2.75, 3.05) is 19.7 Å². The van der Waals surface area contributed by atoms with Crippen LogP contribution in [-0.2, 0) is 4.79 Å². The lowest BCUT2D eigenvalue weighted by Crippen LogP contribution is -2.28. The van der Waals surface area contributed by atoms with E-state index in [9.17, 15) is 4.79 Å². The van der Waals surface area contributed by atoms with Crippen LogP contribution in [0, 0.1) is 11.8 Å². The van der Waals surface area contributed by atoms with Crippen molar-refractivity contribution in [3.63, 3.8) is 0 Å². The lowest BCUT2D eigenvalue weighted by atomic mass is 9.97. The standard InChI is InChI=1S/C10H19NO3/c12-7-9-3-1-2-8(9)6-11-5-4-10(13)14/h8-9,11-12H,1-7H2,(H,13,14). The van der Waals surface area contributed by atoms with Gasteiger partial charge < -0.3 is 15.5 Å². The molecule has 1 fully saturated rings. The molecule has 14 heavy (non-hydrogen) atoms. The average Bonchev–Trinajstić information content (AvgIpc) is 2.59. The summed E-state index contributed by atoms with van der Waals surface area (Å²) < 4.78 is 0. The zero-order valence-corrected chi connectivity index (χ0v) is 8.41. The first kappa shape index (κ1) is 11.5. The molecule has 1 aliphatic rings. The summed E-state index contributed by atoms with van der Waals surface area (Å²) in [5.74, 6) is 0.198. The second kappa shape index (κ2) is 5.98. The van der Waals surface area contributed by atoms with Crippen LogP contribution in [0.2, 0.25) is 0 Å². The number of hydrogen-bond donors (Lipinski definition) is 3. The van der Waals surface area contributed by atoms with E-state index in [-0.39, 0.29) is 13.0 Å². The zero-order valence-electron chi connectivity index (χ0n) is 8.41. The molecule has 82 valence electrons. The predicted octanol–water partition coefficient (Wildman–Crippen LogP) is 0.459. The summed E-state index contributed by atoms with van der Waals surface area (Å²) in [5.41, 5.74) is 0. The van der Waals surface area contributed by atoms with Crippen molar-refractivity contribution in [2.24, 2.45) is 11.8 Å². The molecule has 1 aliphatic carbocycles. The van der Waals surface area contributed by atoms with Gasteiger partial charge in [-0.25, -0.2) is 0 Å². The van der Waals surface area contributed by atoms with Crippen LogP contribution in [0.1, 0.15) is 25.7 Å². The number of carboxylic acid groups (broad SMARTS) is 1. The summed E-state index contributed by atoms with van der Waals surface area (Å²) in [5, 5.41) is 20.6. The first-order valence-corrected chi connectivity index (χ1v) is 5.27. The molecule has 0 spiro atoms. The van der Waals surface area contributed by atoms with Gasteiger partial charge in [-0.15, -0.1) is 0 Å². The third kappa shape index (κ3) is 3.64. The molecule has 2 atom stereocenters. The highest BCUT2D eigenvalue weighted by Gasteiger charge is 2.25. The quantitative estimate of drug-likeness (QED) is 0.546. The predicted molar refractivity (Wildman–Crippen MR) is 53.0 cm³/mol. The highest BCUT2D eigenvalue weighted by molar-refractivity contribution is 5.66. The average molecular weight is 201 g/mol. The highest BCUT2D eigenvalue weighted by Crippen LogP contribution is 2.30. The maximum atomic E-state index is 10.2. The van der Waals surface area contributed by atoms with E-state index in [4.69, 9.17) is 10.2 Å². The smallest absolute Gasteiger partial charge is 0.304 e. The van der Waals surface area contributed by atoms with Gasteiger partial charge in [0.05, 0.1) is 6.42 Å². The minimum Gasteiger partial charge on any atom is -0.481 e. The summed E-state index contributed by atoms with van der Waals surface area (Å²) in [4.78, 5) is 10.2. The van der Waals surface area contributed by atoms with Gasteiger partial charge in [0.25, 0.3) is 0 Å². The van der Waals surface area contributed by atoms with Crippen molar-refractivity contribution in [1.29, 1.82) is 0 Å². The number of aliphatic hydroxyl groups is 1. The molecule has 1 saturated carbocycles. The Balaban J connectivity index is 2.08. The normalized spacial score (nSPS) is 26.6. The van der Waals surface area contributed by atoms with E-state index in [0.717, 1.165) is 19.4 Å². The zero-order chi connectivity index (χ0) is 10.4. The molecule has 4 heteroatoms. The number of rotatable bonds is 6. The topological polar surface area (TPSA) is 69.6 Å². The van der Waals surface area contributed by atoms with Crippen LogP contribution in [0.3, 0.4) is 0 Å². The van der Waals surface area contributed by atoms with Gasteiger partial charge >= 0.3 is 5.97 Å². The van der Waals surface area contributed by atoms with E-state index in [0.29, 0.717) is 18.4 Å². The van der Waals surface area contributed by atoms with Crippen LogP contribution >= 0.6 is 0 Å². The summed E-state index contributed by atoms with van der Waals surface area (Å²) in [6, 6.07) is 0. The third-order valence-electron chi connectivity index (χ3n) is 2.97. The monoisotopic (exact) mass is 201 g/mol. The Hall–Kier alpha value is -0.610.